The fourth-order valence-corrected chi connectivity index (χ4v) is 1.45. The van der Waals surface area contributed by atoms with Crippen LogP contribution >= 0.6 is 11.8 Å². The van der Waals surface area contributed by atoms with E-state index in [0.29, 0.717) is 11.8 Å². The van der Waals surface area contributed by atoms with E-state index in [9.17, 15) is 13.2 Å². The lowest BCUT2D eigenvalue weighted by Gasteiger charge is -2.07. The highest BCUT2D eigenvalue weighted by atomic mass is 32.2. The third kappa shape index (κ3) is 0.940. The van der Waals surface area contributed by atoms with E-state index in [-0.39, 0.29) is 12.2 Å². The molecule has 0 spiro atoms. The van der Waals surface area contributed by atoms with Crippen LogP contribution in [0.15, 0.2) is 0 Å². The lowest BCUT2D eigenvalue weighted by molar-refractivity contribution is 0.0233. The molecular formula is C4H5F3S. The maximum absolute atomic E-state index is 11.9. The first kappa shape index (κ1) is 6.26. The molecule has 0 bridgehead atoms. The van der Waals surface area contributed by atoms with Crippen molar-refractivity contribution in [3.05, 3.63) is 0 Å². The average Bonchev–Trinajstić information content (AvgIpc) is 1.86. The van der Waals surface area contributed by atoms with E-state index in [4.69, 9.17) is 0 Å². The molecule has 0 aromatic carbocycles. The molecule has 48 valence electrons. The number of thioether (sulfide) groups is 1. The molecule has 1 saturated heterocycles. The molecule has 1 aliphatic rings. The van der Waals surface area contributed by atoms with Crippen molar-refractivity contribution in [1.29, 1.82) is 0 Å². The van der Waals surface area contributed by atoms with Crippen LogP contribution in [-0.2, 0) is 0 Å². The van der Waals surface area contributed by atoms with Gasteiger partial charge in [0, 0.05) is 5.75 Å². The van der Waals surface area contributed by atoms with Crippen LogP contribution in [0.1, 0.15) is 6.42 Å². The second-order valence-corrected chi connectivity index (χ2v) is 2.91. The summed E-state index contributed by atoms with van der Waals surface area (Å²) in [7, 11) is 0. The first-order chi connectivity index (χ1) is 3.63. The van der Waals surface area contributed by atoms with Gasteiger partial charge in [-0.2, -0.15) is 8.78 Å². The molecule has 0 aliphatic carbocycles. The van der Waals surface area contributed by atoms with Crippen LogP contribution in [-0.4, -0.2) is 17.2 Å². The molecular weight excluding hydrogens is 137 g/mol. The van der Waals surface area contributed by atoms with Crippen LogP contribution in [0.25, 0.3) is 0 Å². The summed E-state index contributed by atoms with van der Waals surface area (Å²) in [6.45, 7) is 0. The normalized spacial score (nSPS) is 35.6. The lowest BCUT2D eigenvalue weighted by atomic mass is 10.3. The molecule has 0 nitrogen and oxygen atoms in total. The molecule has 1 rings (SSSR count). The van der Waals surface area contributed by atoms with Gasteiger partial charge < -0.3 is 0 Å². The van der Waals surface area contributed by atoms with Crippen LogP contribution < -0.4 is 0 Å². The van der Waals surface area contributed by atoms with Crippen molar-refractivity contribution in [3.8, 4) is 0 Å². The van der Waals surface area contributed by atoms with Gasteiger partial charge in [0.05, 0.1) is 0 Å². The third-order valence-corrected chi connectivity index (χ3v) is 2.11. The summed E-state index contributed by atoms with van der Waals surface area (Å²) >= 11 is 0.399. The van der Waals surface area contributed by atoms with Gasteiger partial charge in [-0.3, -0.25) is 0 Å². The van der Waals surface area contributed by atoms with Crippen molar-refractivity contribution in [3.63, 3.8) is 0 Å². The molecule has 0 aromatic rings. The minimum Gasteiger partial charge on any atom is -0.240 e. The van der Waals surface area contributed by atoms with Crippen molar-refractivity contribution in [2.75, 3.05) is 5.75 Å². The lowest BCUT2D eigenvalue weighted by Crippen LogP contribution is -2.18. The Labute approximate surface area is 49.4 Å². The maximum Gasteiger partial charge on any atom is 0.324 e. The Bertz CT molecular complexity index is 93.3. The number of hydrogen-bond donors (Lipinski definition) is 0. The molecule has 8 heavy (non-hydrogen) atoms. The minimum atomic E-state index is -3.10. The molecule has 0 saturated carbocycles. The van der Waals surface area contributed by atoms with Gasteiger partial charge in [0.15, 0.2) is 6.17 Å². The Morgan fingerprint density at radius 3 is 2.25 bits per heavy atom. The Morgan fingerprint density at radius 2 is 2.12 bits per heavy atom. The summed E-state index contributed by atoms with van der Waals surface area (Å²) in [5.74, 6) is 0.244. The molecule has 1 aliphatic heterocycles. The predicted molar refractivity (Wildman–Crippen MR) is 26.9 cm³/mol. The molecule has 0 amide bonds. The second kappa shape index (κ2) is 1.83. The van der Waals surface area contributed by atoms with E-state index < -0.39 is 11.4 Å². The number of alkyl halides is 3. The fourth-order valence-electron chi connectivity index (χ4n) is 0.557. The largest absolute Gasteiger partial charge is 0.324 e. The van der Waals surface area contributed by atoms with E-state index in [0.717, 1.165) is 0 Å². The summed E-state index contributed by atoms with van der Waals surface area (Å²) in [6.07, 6.45) is -1.91. The van der Waals surface area contributed by atoms with E-state index in [1.807, 2.05) is 0 Å². The van der Waals surface area contributed by atoms with Gasteiger partial charge in [0.25, 0.3) is 0 Å². The van der Waals surface area contributed by atoms with Crippen molar-refractivity contribution in [2.45, 2.75) is 17.8 Å². The fraction of sp³-hybridized carbons (Fsp3) is 1.00. The summed E-state index contributed by atoms with van der Waals surface area (Å²) < 4.78 is 35.8. The van der Waals surface area contributed by atoms with Crippen LogP contribution in [0.4, 0.5) is 13.2 Å². The molecule has 1 unspecified atom stereocenters. The van der Waals surface area contributed by atoms with Crippen molar-refractivity contribution >= 4 is 11.8 Å². The summed E-state index contributed by atoms with van der Waals surface area (Å²) in [4.78, 5) is 0. The molecule has 0 N–H and O–H groups in total. The van der Waals surface area contributed by atoms with Gasteiger partial charge in [-0.1, -0.05) is 11.8 Å². The standard InChI is InChI=1S/C4H5F3S/c5-3-1-2-8-4(3,6)7/h3H,1-2H2. The van der Waals surface area contributed by atoms with Crippen LogP contribution in [0.5, 0.6) is 0 Å². The topological polar surface area (TPSA) is 0 Å². The van der Waals surface area contributed by atoms with Gasteiger partial charge in [-0.15, -0.1) is 0 Å². The average molecular weight is 142 g/mol. The highest BCUT2D eigenvalue weighted by molar-refractivity contribution is 8.00. The zero-order chi connectivity index (χ0) is 6.20. The van der Waals surface area contributed by atoms with Gasteiger partial charge in [-0.25, -0.2) is 4.39 Å². The van der Waals surface area contributed by atoms with Crippen molar-refractivity contribution in [1.82, 2.24) is 0 Å². The Balaban J connectivity index is 2.54. The molecule has 0 aromatic heterocycles. The van der Waals surface area contributed by atoms with Crippen molar-refractivity contribution in [2.24, 2.45) is 0 Å². The summed E-state index contributed by atoms with van der Waals surface area (Å²) in [6, 6.07) is 0. The minimum absolute atomic E-state index is 0.00231. The zero-order valence-corrected chi connectivity index (χ0v) is 4.85. The van der Waals surface area contributed by atoms with Gasteiger partial charge in [-0.05, 0) is 6.42 Å². The number of halogens is 3. The third-order valence-electron chi connectivity index (χ3n) is 1.03. The smallest absolute Gasteiger partial charge is 0.240 e. The van der Waals surface area contributed by atoms with E-state index in [1.54, 1.807) is 0 Å². The monoisotopic (exact) mass is 142 g/mol. The molecule has 1 atom stereocenters. The Hall–Kier alpha value is 0.140. The van der Waals surface area contributed by atoms with E-state index in [1.165, 1.54) is 0 Å². The predicted octanol–water partition coefficient (Wildman–Crippen LogP) is 2.05. The molecule has 1 fully saturated rings. The van der Waals surface area contributed by atoms with Gasteiger partial charge in [0.1, 0.15) is 0 Å². The zero-order valence-electron chi connectivity index (χ0n) is 4.03. The first-order valence-electron chi connectivity index (χ1n) is 2.29. The second-order valence-electron chi connectivity index (χ2n) is 1.67. The SMILES string of the molecule is FC1CCSC1(F)F. The van der Waals surface area contributed by atoms with Crippen LogP contribution in [0.2, 0.25) is 0 Å². The Kier molecular flexibility index (Phi) is 1.43. The van der Waals surface area contributed by atoms with Crippen LogP contribution in [0.3, 0.4) is 0 Å². The highest BCUT2D eigenvalue weighted by Gasteiger charge is 2.45. The van der Waals surface area contributed by atoms with Crippen molar-refractivity contribution < 1.29 is 13.2 Å². The number of rotatable bonds is 0. The summed E-state index contributed by atoms with van der Waals surface area (Å²) in [5, 5.41) is -3.10. The van der Waals surface area contributed by atoms with E-state index in [2.05, 4.69) is 0 Å². The van der Waals surface area contributed by atoms with Gasteiger partial charge in [0.2, 0.25) is 0 Å². The van der Waals surface area contributed by atoms with Gasteiger partial charge >= 0.3 is 5.25 Å². The quantitative estimate of drug-likeness (QED) is 0.498. The molecule has 0 radical (unpaired) electrons. The highest BCUT2D eigenvalue weighted by Crippen LogP contribution is 2.42. The van der Waals surface area contributed by atoms with Crippen LogP contribution in [0, 0.1) is 0 Å². The molecule has 4 heteroatoms. The number of hydrogen-bond acceptors (Lipinski definition) is 1. The Morgan fingerprint density at radius 1 is 1.50 bits per heavy atom. The molecule has 1 heterocycles. The first-order valence-corrected chi connectivity index (χ1v) is 3.27. The summed E-state index contributed by atoms with van der Waals surface area (Å²) in [5.41, 5.74) is 0. The van der Waals surface area contributed by atoms with E-state index >= 15 is 0 Å². The maximum atomic E-state index is 11.9.